The van der Waals surface area contributed by atoms with Crippen molar-refractivity contribution in [2.24, 2.45) is 4.99 Å². The second-order valence-electron chi connectivity index (χ2n) is 7.13. The third-order valence-electron chi connectivity index (χ3n) is 4.87. The highest BCUT2D eigenvalue weighted by molar-refractivity contribution is 5.80. The topological polar surface area (TPSA) is 61.8 Å². The molecule has 0 amide bonds. The Hall–Kier alpha value is -2.83. The zero-order valence-corrected chi connectivity index (χ0v) is 17.2. The van der Waals surface area contributed by atoms with Crippen molar-refractivity contribution in [3.8, 4) is 5.75 Å². The molecule has 1 aromatic heterocycles. The van der Waals surface area contributed by atoms with E-state index < -0.39 is 0 Å². The van der Waals surface area contributed by atoms with Crippen LogP contribution >= 0.6 is 0 Å². The van der Waals surface area contributed by atoms with Gasteiger partial charge in [0.2, 0.25) is 0 Å². The summed E-state index contributed by atoms with van der Waals surface area (Å²) in [5.74, 6) is 1.82. The number of aromatic nitrogens is 1. The maximum absolute atomic E-state index is 14.0. The van der Waals surface area contributed by atoms with Crippen molar-refractivity contribution < 1.29 is 9.13 Å². The maximum Gasteiger partial charge on any atom is 0.191 e. The standard InChI is InChI=1S/C22H30FN5O/c1-3-14-29-19-7-4-6-17(15-19)9-12-26-22(24-2)27-18-10-13-28(16-18)21-20(23)8-5-11-25-21/h4-8,11,15,18H,3,9-10,12-14,16H2,1-2H3,(H2,24,26,27). The van der Waals surface area contributed by atoms with E-state index in [-0.39, 0.29) is 11.9 Å². The molecule has 1 atom stereocenters. The molecule has 0 aliphatic carbocycles. The van der Waals surface area contributed by atoms with Gasteiger partial charge in [-0.2, -0.15) is 0 Å². The second kappa shape index (κ2) is 10.6. The number of halogens is 1. The first-order valence-corrected chi connectivity index (χ1v) is 10.2. The van der Waals surface area contributed by atoms with Crippen LogP contribution in [0.2, 0.25) is 0 Å². The first kappa shape index (κ1) is 20.9. The fraction of sp³-hybridized carbons (Fsp3) is 0.455. The molecule has 0 bridgehead atoms. The molecule has 1 aliphatic heterocycles. The molecule has 1 aliphatic rings. The second-order valence-corrected chi connectivity index (χ2v) is 7.13. The van der Waals surface area contributed by atoms with Crippen molar-refractivity contribution in [1.82, 2.24) is 15.6 Å². The zero-order chi connectivity index (χ0) is 20.5. The molecule has 6 nitrogen and oxygen atoms in total. The lowest BCUT2D eigenvalue weighted by atomic mass is 10.1. The van der Waals surface area contributed by atoms with Crippen LogP contribution in [0.5, 0.6) is 5.75 Å². The van der Waals surface area contributed by atoms with Crippen molar-refractivity contribution in [3.63, 3.8) is 0 Å². The molecule has 0 spiro atoms. The molecule has 2 N–H and O–H groups in total. The van der Waals surface area contributed by atoms with E-state index >= 15 is 0 Å². The molecule has 2 aromatic rings. The average molecular weight is 400 g/mol. The SMILES string of the molecule is CCCOc1cccc(CCNC(=NC)NC2CCN(c3ncccc3F)C2)c1. The summed E-state index contributed by atoms with van der Waals surface area (Å²) < 4.78 is 19.6. The molecule has 2 heterocycles. The van der Waals surface area contributed by atoms with Crippen LogP contribution in [0.25, 0.3) is 0 Å². The van der Waals surface area contributed by atoms with E-state index in [9.17, 15) is 4.39 Å². The van der Waals surface area contributed by atoms with Gasteiger partial charge in [0.1, 0.15) is 5.75 Å². The van der Waals surface area contributed by atoms with E-state index in [1.54, 1.807) is 19.3 Å². The van der Waals surface area contributed by atoms with E-state index in [0.29, 0.717) is 12.4 Å². The average Bonchev–Trinajstić information content (AvgIpc) is 3.20. The van der Waals surface area contributed by atoms with Crippen LogP contribution in [-0.4, -0.2) is 50.3 Å². The predicted molar refractivity (Wildman–Crippen MR) is 115 cm³/mol. The largest absolute Gasteiger partial charge is 0.494 e. The minimum Gasteiger partial charge on any atom is -0.494 e. The summed E-state index contributed by atoms with van der Waals surface area (Å²) in [7, 11) is 1.76. The van der Waals surface area contributed by atoms with E-state index in [4.69, 9.17) is 4.74 Å². The summed E-state index contributed by atoms with van der Waals surface area (Å²) >= 11 is 0. The van der Waals surface area contributed by atoms with Crippen LogP contribution in [0.3, 0.4) is 0 Å². The van der Waals surface area contributed by atoms with E-state index in [1.807, 2.05) is 17.0 Å². The number of pyridine rings is 1. The monoisotopic (exact) mass is 399 g/mol. The minimum atomic E-state index is -0.277. The first-order chi connectivity index (χ1) is 14.2. The Kier molecular flexibility index (Phi) is 7.67. The number of nitrogens with zero attached hydrogens (tertiary/aromatic N) is 3. The summed E-state index contributed by atoms with van der Waals surface area (Å²) in [4.78, 5) is 10.5. The molecule has 0 radical (unpaired) electrons. The summed E-state index contributed by atoms with van der Waals surface area (Å²) in [6, 6.07) is 11.5. The molecule has 1 aromatic carbocycles. The molecule has 1 saturated heterocycles. The molecule has 1 unspecified atom stereocenters. The van der Waals surface area contributed by atoms with Gasteiger partial charge in [-0.15, -0.1) is 0 Å². The Bertz CT molecular complexity index is 813. The number of nitrogens with one attached hydrogen (secondary N) is 2. The summed E-state index contributed by atoms with van der Waals surface area (Å²) in [5.41, 5.74) is 1.22. The van der Waals surface area contributed by atoms with Crippen LogP contribution in [0.1, 0.15) is 25.3 Å². The third-order valence-corrected chi connectivity index (χ3v) is 4.87. The Morgan fingerprint density at radius 2 is 2.24 bits per heavy atom. The van der Waals surface area contributed by atoms with Crippen LogP contribution in [0, 0.1) is 5.82 Å². The number of aliphatic imine (C=N–C) groups is 1. The third kappa shape index (κ3) is 6.07. The normalized spacial score (nSPS) is 16.7. The summed E-state index contributed by atoms with van der Waals surface area (Å²) in [6.45, 7) is 5.07. The highest BCUT2D eigenvalue weighted by atomic mass is 19.1. The Morgan fingerprint density at radius 1 is 1.34 bits per heavy atom. The fourth-order valence-electron chi connectivity index (χ4n) is 3.40. The lowest BCUT2D eigenvalue weighted by molar-refractivity contribution is 0.317. The molecule has 156 valence electrons. The van der Waals surface area contributed by atoms with Gasteiger partial charge in [-0.3, -0.25) is 4.99 Å². The Morgan fingerprint density at radius 3 is 3.03 bits per heavy atom. The van der Waals surface area contributed by atoms with E-state index in [1.165, 1.54) is 11.6 Å². The van der Waals surface area contributed by atoms with Crippen molar-refractivity contribution in [2.75, 3.05) is 38.2 Å². The molecule has 3 rings (SSSR count). The van der Waals surface area contributed by atoms with Crippen molar-refractivity contribution in [1.29, 1.82) is 0 Å². The molecule has 7 heteroatoms. The van der Waals surface area contributed by atoms with Gasteiger partial charge in [-0.25, -0.2) is 9.37 Å². The lowest BCUT2D eigenvalue weighted by Gasteiger charge is -2.20. The van der Waals surface area contributed by atoms with Gasteiger partial charge >= 0.3 is 0 Å². The van der Waals surface area contributed by atoms with Crippen LogP contribution in [-0.2, 0) is 6.42 Å². The van der Waals surface area contributed by atoms with Crippen LogP contribution in [0.4, 0.5) is 10.2 Å². The van der Waals surface area contributed by atoms with Gasteiger partial charge in [0.25, 0.3) is 0 Å². The summed E-state index contributed by atoms with van der Waals surface area (Å²) in [5, 5.41) is 6.80. The van der Waals surface area contributed by atoms with Crippen LogP contribution < -0.4 is 20.3 Å². The van der Waals surface area contributed by atoms with Crippen molar-refractivity contribution in [3.05, 3.63) is 54.0 Å². The van der Waals surface area contributed by atoms with E-state index in [2.05, 4.69) is 39.7 Å². The zero-order valence-electron chi connectivity index (χ0n) is 17.2. The number of guanidine groups is 1. The first-order valence-electron chi connectivity index (χ1n) is 10.2. The molecular formula is C22H30FN5O. The highest BCUT2D eigenvalue weighted by Gasteiger charge is 2.25. The fourth-order valence-corrected chi connectivity index (χ4v) is 3.40. The lowest BCUT2D eigenvalue weighted by Crippen LogP contribution is -2.45. The van der Waals surface area contributed by atoms with Gasteiger partial charge in [-0.1, -0.05) is 19.1 Å². The smallest absolute Gasteiger partial charge is 0.191 e. The molecule has 0 saturated carbocycles. The predicted octanol–water partition coefficient (Wildman–Crippen LogP) is 3.00. The quantitative estimate of drug-likeness (QED) is 0.528. The number of ether oxygens (including phenoxy) is 1. The number of anilines is 1. The Balaban J connectivity index is 1.45. The number of hydrogen-bond acceptors (Lipinski definition) is 4. The molecule has 1 fully saturated rings. The number of rotatable bonds is 8. The van der Waals surface area contributed by atoms with Crippen molar-refractivity contribution >= 4 is 11.8 Å². The van der Waals surface area contributed by atoms with Gasteiger partial charge in [-0.05, 0) is 49.1 Å². The van der Waals surface area contributed by atoms with Gasteiger partial charge < -0.3 is 20.3 Å². The molecular weight excluding hydrogens is 369 g/mol. The summed E-state index contributed by atoms with van der Waals surface area (Å²) in [6.07, 6.45) is 4.41. The number of benzene rings is 1. The molecule has 29 heavy (non-hydrogen) atoms. The minimum absolute atomic E-state index is 0.202. The maximum atomic E-state index is 14.0. The van der Waals surface area contributed by atoms with Gasteiger partial charge in [0.05, 0.1) is 6.61 Å². The highest BCUT2D eigenvalue weighted by Crippen LogP contribution is 2.20. The van der Waals surface area contributed by atoms with E-state index in [0.717, 1.165) is 50.7 Å². The Labute approximate surface area is 172 Å². The van der Waals surface area contributed by atoms with Crippen LogP contribution in [0.15, 0.2) is 47.6 Å². The van der Waals surface area contributed by atoms with Crippen molar-refractivity contribution in [2.45, 2.75) is 32.2 Å². The van der Waals surface area contributed by atoms with Gasteiger partial charge in [0.15, 0.2) is 17.6 Å². The van der Waals surface area contributed by atoms with Gasteiger partial charge in [0, 0.05) is 38.9 Å². The number of hydrogen-bond donors (Lipinski definition) is 2.